The fourth-order valence-corrected chi connectivity index (χ4v) is 1.28. The second-order valence-electron chi connectivity index (χ2n) is 2.30. The number of thiol groups is 1. The Balaban J connectivity index is 2.96. The van der Waals surface area contributed by atoms with Crippen molar-refractivity contribution in [1.29, 1.82) is 0 Å². The van der Waals surface area contributed by atoms with Crippen molar-refractivity contribution in [2.45, 2.75) is 4.90 Å². The maximum Gasteiger partial charge on any atom is 0.112 e. The average molecular weight is 165 g/mol. The number of H-pyrrole nitrogens is 1. The number of hydrogen-bond donors (Lipinski definition) is 3. The molecule has 4 heteroatoms. The van der Waals surface area contributed by atoms with Crippen molar-refractivity contribution < 1.29 is 0 Å². The third kappa shape index (κ3) is 0.867. The van der Waals surface area contributed by atoms with Gasteiger partial charge in [-0.2, -0.15) is 0 Å². The van der Waals surface area contributed by atoms with E-state index in [0.29, 0.717) is 5.69 Å². The van der Waals surface area contributed by atoms with Gasteiger partial charge in [-0.1, -0.05) is 0 Å². The summed E-state index contributed by atoms with van der Waals surface area (Å²) in [6.45, 7) is 0. The summed E-state index contributed by atoms with van der Waals surface area (Å²) < 4.78 is 0. The van der Waals surface area contributed by atoms with Crippen LogP contribution in [0.1, 0.15) is 0 Å². The minimum absolute atomic E-state index is 0.680. The number of anilines is 1. The number of fused-ring (bicyclic) bond motifs is 1. The Labute approximate surface area is 69.0 Å². The number of imidazole rings is 1. The smallest absolute Gasteiger partial charge is 0.112 e. The molecule has 2 aromatic rings. The Morgan fingerprint density at radius 2 is 2.27 bits per heavy atom. The van der Waals surface area contributed by atoms with Gasteiger partial charge in [0.2, 0.25) is 0 Å². The minimum Gasteiger partial charge on any atom is -0.397 e. The van der Waals surface area contributed by atoms with Gasteiger partial charge >= 0.3 is 0 Å². The van der Waals surface area contributed by atoms with E-state index in [4.69, 9.17) is 5.73 Å². The summed E-state index contributed by atoms with van der Waals surface area (Å²) in [6, 6.07) is 3.64. The molecule has 0 amide bonds. The van der Waals surface area contributed by atoms with Gasteiger partial charge in [-0.15, -0.1) is 12.6 Å². The van der Waals surface area contributed by atoms with Gasteiger partial charge < -0.3 is 10.7 Å². The molecule has 0 spiro atoms. The van der Waals surface area contributed by atoms with Crippen molar-refractivity contribution in [3.05, 3.63) is 18.5 Å². The van der Waals surface area contributed by atoms with Crippen molar-refractivity contribution in [3.63, 3.8) is 0 Å². The van der Waals surface area contributed by atoms with Crippen LogP contribution in [0, 0.1) is 0 Å². The molecule has 1 heterocycles. The summed E-state index contributed by atoms with van der Waals surface area (Å²) in [5.74, 6) is 0. The number of benzene rings is 1. The molecule has 56 valence electrons. The Bertz CT molecular complexity index is 357. The number of hydrogen-bond acceptors (Lipinski definition) is 3. The fraction of sp³-hybridized carbons (Fsp3) is 0. The first kappa shape index (κ1) is 6.54. The van der Waals surface area contributed by atoms with Crippen LogP contribution >= 0.6 is 12.6 Å². The van der Waals surface area contributed by atoms with Crippen molar-refractivity contribution in [2.75, 3.05) is 5.73 Å². The van der Waals surface area contributed by atoms with Gasteiger partial charge in [-0.25, -0.2) is 4.98 Å². The van der Waals surface area contributed by atoms with E-state index in [1.54, 1.807) is 12.4 Å². The standard InChI is InChI=1S/C7H7N3S/c8-4-1-2-5(11)7-6(4)9-3-10-7/h1-3,11H,8H2,(H,9,10). The molecule has 11 heavy (non-hydrogen) atoms. The summed E-state index contributed by atoms with van der Waals surface area (Å²) >= 11 is 4.24. The van der Waals surface area contributed by atoms with E-state index in [1.807, 2.05) is 6.07 Å². The first-order valence-electron chi connectivity index (χ1n) is 3.19. The third-order valence-corrected chi connectivity index (χ3v) is 1.96. The Morgan fingerprint density at radius 1 is 1.45 bits per heavy atom. The fourth-order valence-electron chi connectivity index (χ4n) is 1.04. The quantitative estimate of drug-likeness (QED) is 0.408. The second-order valence-corrected chi connectivity index (χ2v) is 2.78. The molecule has 0 unspecified atom stereocenters. The molecule has 3 N–H and O–H groups in total. The maximum absolute atomic E-state index is 5.65. The van der Waals surface area contributed by atoms with Crippen LogP contribution < -0.4 is 5.73 Å². The molecule has 0 fully saturated rings. The molecule has 2 rings (SSSR count). The minimum atomic E-state index is 0.680. The zero-order chi connectivity index (χ0) is 7.84. The molecule has 0 aliphatic carbocycles. The van der Waals surface area contributed by atoms with Crippen LogP contribution in [0.5, 0.6) is 0 Å². The van der Waals surface area contributed by atoms with E-state index in [-0.39, 0.29) is 0 Å². The Hall–Kier alpha value is -1.16. The number of nitrogens with one attached hydrogen (secondary N) is 1. The van der Waals surface area contributed by atoms with Gasteiger partial charge in [-0.05, 0) is 12.1 Å². The maximum atomic E-state index is 5.65. The number of nitrogens with two attached hydrogens (primary N) is 1. The van der Waals surface area contributed by atoms with Gasteiger partial charge in [-0.3, -0.25) is 0 Å². The van der Waals surface area contributed by atoms with Gasteiger partial charge in [0.25, 0.3) is 0 Å². The van der Waals surface area contributed by atoms with Crippen LogP contribution in [0.3, 0.4) is 0 Å². The summed E-state index contributed by atoms with van der Waals surface area (Å²) in [7, 11) is 0. The molecule has 0 saturated carbocycles. The van der Waals surface area contributed by atoms with E-state index in [2.05, 4.69) is 22.6 Å². The number of rotatable bonds is 0. The normalized spacial score (nSPS) is 10.6. The highest BCUT2D eigenvalue weighted by Gasteiger charge is 2.01. The van der Waals surface area contributed by atoms with Crippen LogP contribution in [0.2, 0.25) is 0 Å². The molecule has 0 atom stereocenters. The molecule has 0 radical (unpaired) electrons. The second kappa shape index (κ2) is 2.17. The topological polar surface area (TPSA) is 54.7 Å². The van der Waals surface area contributed by atoms with E-state index < -0.39 is 0 Å². The molecular formula is C7H7N3S. The molecule has 0 aliphatic rings. The molecule has 1 aromatic carbocycles. The van der Waals surface area contributed by atoms with Crippen LogP contribution in [-0.2, 0) is 0 Å². The molecule has 0 saturated heterocycles. The number of nitrogens with zero attached hydrogens (tertiary/aromatic N) is 1. The van der Waals surface area contributed by atoms with Crippen LogP contribution in [0.4, 0.5) is 5.69 Å². The monoisotopic (exact) mass is 165 g/mol. The van der Waals surface area contributed by atoms with Crippen LogP contribution in [-0.4, -0.2) is 9.97 Å². The highest BCUT2D eigenvalue weighted by Crippen LogP contribution is 2.22. The largest absolute Gasteiger partial charge is 0.397 e. The number of aromatic nitrogens is 2. The van der Waals surface area contributed by atoms with Crippen LogP contribution in [0.15, 0.2) is 23.4 Å². The predicted octanol–water partition coefficient (Wildman–Crippen LogP) is 1.43. The van der Waals surface area contributed by atoms with E-state index in [1.165, 1.54) is 0 Å². The molecule has 0 aliphatic heterocycles. The molecule has 3 nitrogen and oxygen atoms in total. The van der Waals surface area contributed by atoms with E-state index in [9.17, 15) is 0 Å². The SMILES string of the molecule is Nc1ccc(S)c2[nH]cnc12. The molecular weight excluding hydrogens is 158 g/mol. The first-order valence-corrected chi connectivity index (χ1v) is 3.64. The van der Waals surface area contributed by atoms with Crippen molar-refractivity contribution in [3.8, 4) is 0 Å². The Morgan fingerprint density at radius 3 is 3.00 bits per heavy atom. The Kier molecular flexibility index (Phi) is 1.29. The number of nitrogen functional groups attached to an aromatic ring is 1. The van der Waals surface area contributed by atoms with Gasteiger partial charge in [0, 0.05) is 4.90 Å². The summed E-state index contributed by atoms with van der Waals surface area (Å²) in [4.78, 5) is 7.88. The zero-order valence-corrected chi connectivity index (χ0v) is 6.60. The zero-order valence-electron chi connectivity index (χ0n) is 5.70. The lowest BCUT2D eigenvalue weighted by Crippen LogP contribution is -1.86. The lowest BCUT2D eigenvalue weighted by molar-refractivity contribution is 1.33. The highest BCUT2D eigenvalue weighted by atomic mass is 32.1. The summed E-state index contributed by atoms with van der Waals surface area (Å²) in [6.07, 6.45) is 1.61. The first-order chi connectivity index (χ1) is 5.29. The van der Waals surface area contributed by atoms with Crippen molar-refractivity contribution in [1.82, 2.24) is 9.97 Å². The number of aromatic amines is 1. The lowest BCUT2D eigenvalue weighted by Gasteiger charge is -1.95. The lowest BCUT2D eigenvalue weighted by atomic mass is 10.3. The molecule has 0 bridgehead atoms. The van der Waals surface area contributed by atoms with Crippen molar-refractivity contribution >= 4 is 29.3 Å². The van der Waals surface area contributed by atoms with Gasteiger partial charge in [0.15, 0.2) is 0 Å². The predicted molar refractivity (Wildman–Crippen MR) is 47.8 cm³/mol. The molecule has 1 aromatic heterocycles. The van der Waals surface area contributed by atoms with E-state index >= 15 is 0 Å². The van der Waals surface area contributed by atoms with Gasteiger partial charge in [0.1, 0.15) is 5.52 Å². The van der Waals surface area contributed by atoms with Crippen LogP contribution in [0.25, 0.3) is 11.0 Å². The summed E-state index contributed by atoms with van der Waals surface area (Å²) in [5.41, 5.74) is 8.02. The average Bonchev–Trinajstić information content (AvgIpc) is 2.45. The van der Waals surface area contributed by atoms with Crippen molar-refractivity contribution in [2.24, 2.45) is 0 Å². The van der Waals surface area contributed by atoms with E-state index in [0.717, 1.165) is 15.9 Å². The third-order valence-electron chi connectivity index (χ3n) is 1.59. The summed E-state index contributed by atoms with van der Waals surface area (Å²) in [5, 5.41) is 0. The van der Waals surface area contributed by atoms with Gasteiger partial charge in [0.05, 0.1) is 17.5 Å². The highest BCUT2D eigenvalue weighted by molar-refractivity contribution is 7.80.